The predicted molar refractivity (Wildman–Crippen MR) is 101 cm³/mol. The Morgan fingerprint density at radius 1 is 1.23 bits per heavy atom. The van der Waals surface area contributed by atoms with Crippen molar-refractivity contribution in [3.8, 4) is 0 Å². The highest BCUT2D eigenvalue weighted by Crippen LogP contribution is 2.29. The zero-order chi connectivity index (χ0) is 17.9. The third kappa shape index (κ3) is 3.31. The zero-order valence-corrected chi connectivity index (χ0v) is 14.7. The summed E-state index contributed by atoms with van der Waals surface area (Å²) in [5, 5.41) is 7.30. The smallest absolute Gasteiger partial charge is 0.246 e. The molecule has 132 valence electrons. The van der Waals surface area contributed by atoms with Crippen LogP contribution in [0.25, 0.3) is 0 Å². The predicted octanol–water partition coefficient (Wildman–Crippen LogP) is 2.72. The Hall–Kier alpha value is -3.15. The first-order chi connectivity index (χ1) is 12.7. The van der Waals surface area contributed by atoms with Gasteiger partial charge in [-0.05, 0) is 42.7 Å². The van der Waals surface area contributed by atoms with Crippen LogP contribution in [0.3, 0.4) is 0 Å². The van der Waals surface area contributed by atoms with Crippen LogP contribution in [0.2, 0.25) is 0 Å². The van der Waals surface area contributed by atoms with E-state index in [0.717, 1.165) is 24.2 Å². The van der Waals surface area contributed by atoms with E-state index >= 15 is 0 Å². The van der Waals surface area contributed by atoms with Gasteiger partial charge < -0.3 is 10.2 Å². The molecule has 0 spiro atoms. The molecule has 1 aliphatic rings. The molecular weight excluding hydrogens is 326 g/mol. The summed E-state index contributed by atoms with van der Waals surface area (Å²) in [6.45, 7) is 3.46. The second kappa shape index (κ2) is 7.00. The molecule has 1 aromatic carbocycles. The highest BCUT2D eigenvalue weighted by molar-refractivity contribution is 5.96. The van der Waals surface area contributed by atoms with Crippen molar-refractivity contribution >= 4 is 17.3 Å². The Labute approximate surface area is 152 Å². The van der Waals surface area contributed by atoms with Crippen LogP contribution in [0.15, 0.2) is 61.2 Å². The van der Waals surface area contributed by atoms with E-state index in [-0.39, 0.29) is 11.9 Å². The second-order valence-electron chi connectivity index (χ2n) is 6.52. The van der Waals surface area contributed by atoms with Gasteiger partial charge in [-0.2, -0.15) is 5.10 Å². The minimum atomic E-state index is -0.234. The van der Waals surface area contributed by atoms with Crippen molar-refractivity contribution < 1.29 is 4.79 Å². The second-order valence-corrected chi connectivity index (χ2v) is 6.52. The van der Waals surface area contributed by atoms with Gasteiger partial charge in [0.2, 0.25) is 5.91 Å². The van der Waals surface area contributed by atoms with Gasteiger partial charge in [0, 0.05) is 30.8 Å². The molecule has 1 amide bonds. The van der Waals surface area contributed by atoms with Crippen LogP contribution < -0.4 is 10.2 Å². The molecule has 1 atom stereocenters. The van der Waals surface area contributed by atoms with E-state index in [2.05, 4.69) is 32.4 Å². The van der Waals surface area contributed by atoms with Crippen LogP contribution in [0, 0.1) is 0 Å². The van der Waals surface area contributed by atoms with Crippen LogP contribution >= 0.6 is 0 Å². The summed E-state index contributed by atoms with van der Waals surface area (Å²) in [7, 11) is 0. The lowest BCUT2D eigenvalue weighted by atomic mass is 10.1. The highest BCUT2D eigenvalue weighted by Gasteiger charge is 2.27. The Kier molecular flexibility index (Phi) is 4.39. The van der Waals surface area contributed by atoms with Crippen molar-refractivity contribution in [1.82, 2.24) is 14.8 Å². The number of para-hydroxylation sites is 1. The molecule has 0 radical (unpaired) electrons. The number of pyridine rings is 1. The lowest BCUT2D eigenvalue weighted by Gasteiger charge is -2.26. The number of nitrogens with zero attached hydrogens (tertiary/aromatic N) is 4. The van der Waals surface area contributed by atoms with Crippen molar-refractivity contribution in [2.45, 2.75) is 25.9 Å². The Bertz CT molecular complexity index is 905. The average Bonchev–Trinajstić information content (AvgIpc) is 3.29. The van der Waals surface area contributed by atoms with Crippen LogP contribution in [0.5, 0.6) is 0 Å². The van der Waals surface area contributed by atoms with Gasteiger partial charge in [0.25, 0.3) is 0 Å². The van der Waals surface area contributed by atoms with Crippen molar-refractivity contribution in [2.24, 2.45) is 0 Å². The first-order valence-corrected chi connectivity index (χ1v) is 8.77. The van der Waals surface area contributed by atoms with Crippen molar-refractivity contribution in [2.75, 3.05) is 16.8 Å². The average molecular weight is 347 g/mol. The lowest BCUT2D eigenvalue weighted by Crippen LogP contribution is -2.41. The summed E-state index contributed by atoms with van der Waals surface area (Å²) in [6.07, 6.45) is 8.04. The molecule has 0 aliphatic carbocycles. The third-order valence-corrected chi connectivity index (χ3v) is 4.76. The summed E-state index contributed by atoms with van der Waals surface area (Å²) in [5.74, 6) is -0.0230. The van der Waals surface area contributed by atoms with Gasteiger partial charge in [-0.3, -0.25) is 14.5 Å². The first-order valence-electron chi connectivity index (χ1n) is 8.77. The van der Waals surface area contributed by atoms with Crippen LogP contribution in [-0.4, -0.2) is 33.3 Å². The molecule has 6 nitrogen and oxygen atoms in total. The number of hydrogen-bond acceptors (Lipinski definition) is 4. The topological polar surface area (TPSA) is 63.1 Å². The molecular formula is C20H21N5O. The van der Waals surface area contributed by atoms with Gasteiger partial charge in [-0.1, -0.05) is 18.2 Å². The molecule has 0 unspecified atom stereocenters. The largest absolute Gasteiger partial charge is 0.359 e. The monoisotopic (exact) mass is 347 g/mol. The summed E-state index contributed by atoms with van der Waals surface area (Å²) >= 11 is 0. The maximum Gasteiger partial charge on any atom is 0.246 e. The number of rotatable bonds is 5. The normalized spacial score (nSPS) is 14.1. The molecule has 0 saturated carbocycles. The van der Waals surface area contributed by atoms with E-state index in [4.69, 9.17) is 0 Å². The zero-order valence-electron chi connectivity index (χ0n) is 14.7. The van der Waals surface area contributed by atoms with Crippen LogP contribution in [0.1, 0.15) is 18.1 Å². The van der Waals surface area contributed by atoms with E-state index < -0.39 is 0 Å². The van der Waals surface area contributed by atoms with Gasteiger partial charge in [-0.15, -0.1) is 0 Å². The minimum Gasteiger partial charge on any atom is -0.359 e. The molecule has 3 heterocycles. The van der Waals surface area contributed by atoms with Crippen molar-refractivity contribution in [1.29, 1.82) is 0 Å². The summed E-state index contributed by atoms with van der Waals surface area (Å²) in [5.41, 5.74) is 4.28. The van der Waals surface area contributed by atoms with Gasteiger partial charge >= 0.3 is 0 Å². The van der Waals surface area contributed by atoms with E-state index in [1.54, 1.807) is 23.3 Å². The number of amides is 1. The molecule has 2 aromatic heterocycles. The van der Waals surface area contributed by atoms with Crippen molar-refractivity contribution in [3.05, 3.63) is 72.3 Å². The minimum absolute atomic E-state index is 0.0230. The molecule has 1 aliphatic heterocycles. The molecule has 0 saturated heterocycles. The van der Waals surface area contributed by atoms with E-state index in [1.807, 2.05) is 37.4 Å². The number of aromatic nitrogens is 3. The third-order valence-electron chi connectivity index (χ3n) is 4.76. The number of hydrogen-bond donors (Lipinski definition) is 1. The fourth-order valence-electron chi connectivity index (χ4n) is 3.34. The number of carbonyl (C=O) groups excluding carboxylic acids is 1. The number of carbonyl (C=O) groups is 1. The van der Waals surface area contributed by atoms with Gasteiger partial charge in [-0.25, -0.2) is 0 Å². The lowest BCUT2D eigenvalue weighted by molar-refractivity contribution is -0.117. The Morgan fingerprint density at radius 2 is 2.04 bits per heavy atom. The summed E-state index contributed by atoms with van der Waals surface area (Å²) in [4.78, 5) is 18.9. The van der Waals surface area contributed by atoms with Crippen LogP contribution in [0.4, 0.5) is 11.4 Å². The van der Waals surface area contributed by atoms with E-state index in [1.165, 1.54) is 5.56 Å². The Morgan fingerprint density at radius 3 is 2.88 bits per heavy atom. The molecule has 0 fully saturated rings. The van der Waals surface area contributed by atoms with Gasteiger partial charge in [0.15, 0.2) is 0 Å². The van der Waals surface area contributed by atoms with Gasteiger partial charge in [0.1, 0.15) is 6.04 Å². The molecule has 6 heteroatoms. The van der Waals surface area contributed by atoms with Crippen molar-refractivity contribution in [3.63, 3.8) is 0 Å². The van der Waals surface area contributed by atoms with E-state index in [9.17, 15) is 4.79 Å². The maximum absolute atomic E-state index is 12.7. The molecule has 4 rings (SSSR count). The van der Waals surface area contributed by atoms with E-state index in [0.29, 0.717) is 12.2 Å². The number of anilines is 2. The molecule has 0 bridgehead atoms. The first kappa shape index (κ1) is 16.3. The van der Waals surface area contributed by atoms with Gasteiger partial charge in [0.05, 0.1) is 18.4 Å². The summed E-state index contributed by atoms with van der Waals surface area (Å²) in [6, 6.07) is 11.9. The molecule has 1 N–H and O–H groups in total. The maximum atomic E-state index is 12.7. The number of fused-ring (bicyclic) bond motifs is 1. The molecule has 26 heavy (non-hydrogen) atoms. The number of benzene rings is 1. The quantitative estimate of drug-likeness (QED) is 0.771. The van der Waals surface area contributed by atoms with Crippen LogP contribution in [-0.2, 0) is 17.8 Å². The highest BCUT2D eigenvalue weighted by atomic mass is 16.2. The number of nitrogens with one attached hydrogen (secondary N) is 1. The standard InChI is InChI=1S/C20H21N5O/c1-15(25-11-8-17-4-2-3-5-19(17)25)20(26)23-18-12-22-24(14-18)13-16-6-9-21-10-7-16/h2-7,9-10,12,14-15H,8,11,13H2,1H3,(H,23,26)/t15-/m1/s1. The fraction of sp³-hybridized carbons (Fsp3) is 0.250. The summed E-state index contributed by atoms with van der Waals surface area (Å²) < 4.78 is 1.81. The fourth-order valence-corrected chi connectivity index (χ4v) is 3.34. The molecule has 3 aromatic rings. The Balaban J connectivity index is 1.41. The SMILES string of the molecule is C[C@H](C(=O)Nc1cnn(Cc2ccncc2)c1)N1CCc2ccccc21.